The highest BCUT2D eigenvalue weighted by atomic mass is 16.3. The van der Waals surface area contributed by atoms with Crippen molar-refractivity contribution < 1.29 is 8.83 Å². The maximum Gasteiger partial charge on any atom is 0.135 e. The van der Waals surface area contributed by atoms with Gasteiger partial charge < -0.3 is 18.0 Å². The third-order valence-electron chi connectivity index (χ3n) is 11.4. The van der Waals surface area contributed by atoms with Gasteiger partial charge in [0.25, 0.3) is 0 Å². The average molecular weight is 715 g/mol. The Bertz CT molecular complexity index is 3500. The van der Waals surface area contributed by atoms with E-state index in [0.29, 0.717) is 11.1 Å². The number of nitrogens with zero attached hydrogens (tertiary/aromatic N) is 4. The quantitative estimate of drug-likeness (QED) is 0.182. The maximum atomic E-state index is 10.1. The molecule has 4 aromatic heterocycles. The molecule has 6 heteroatoms. The first kappa shape index (κ1) is 30.4. The summed E-state index contributed by atoms with van der Waals surface area (Å²) in [5.41, 5.74) is 12.4. The van der Waals surface area contributed by atoms with E-state index in [1.807, 2.05) is 72.8 Å². The second kappa shape index (κ2) is 11.2. The molecular weight excluding hydrogens is 689 g/mol. The van der Waals surface area contributed by atoms with Crippen molar-refractivity contribution in [2.75, 3.05) is 0 Å². The molecule has 0 aliphatic heterocycles. The Hall–Kier alpha value is -8.06. The molecular formula is C50H26N4O2. The number of benzene rings is 8. The van der Waals surface area contributed by atoms with E-state index in [4.69, 9.17) is 8.83 Å². The third-order valence-corrected chi connectivity index (χ3v) is 11.4. The number of aromatic nitrogens is 2. The summed E-state index contributed by atoms with van der Waals surface area (Å²) < 4.78 is 17.1. The van der Waals surface area contributed by atoms with Crippen LogP contribution in [0.15, 0.2) is 167 Å². The molecule has 12 aromatic rings. The molecule has 0 fully saturated rings. The second-order valence-corrected chi connectivity index (χ2v) is 14.3. The lowest BCUT2D eigenvalue weighted by Crippen LogP contribution is -1.95. The topological polar surface area (TPSA) is 83.7 Å². The molecule has 0 bridgehead atoms. The van der Waals surface area contributed by atoms with Crippen LogP contribution in [0.4, 0.5) is 0 Å². The highest BCUT2D eigenvalue weighted by Crippen LogP contribution is 2.40. The summed E-state index contributed by atoms with van der Waals surface area (Å²) >= 11 is 0. The Labute approximate surface area is 318 Å². The van der Waals surface area contributed by atoms with Gasteiger partial charge in [-0.15, -0.1) is 0 Å². The van der Waals surface area contributed by atoms with Gasteiger partial charge in [0, 0.05) is 54.5 Å². The predicted octanol–water partition coefficient (Wildman–Crippen LogP) is 13.1. The van der Waals surface area contributed by atoms with Gasteiger partial charge in [0.1, 0.15) is 34.5 Å². The smallest absolute Gasteiger partial charge is 0.135 e. The molecule has 258 valence electrons. The molecule has 0 aliphatic rings. The van der Waals surface area contributed by atoms with Crippen LogP contribution in [0.25, 0.3) is 110 Å². The Kier molecular flexibility index (Phi) is 6.10. The summed E-state index contributed by atoms with van der Waals surface area (Å²) in [6.07, 6.45) is 0. The minimum Gasteiger partial charge on any atom is -0.456 e. The average Bonchev–Trinajstić information content (AvgIpc) is 4.00. The van der Waals surface area contributed by atoms with Crippen LogP contribution in [0, 0.1) is 22.7 Å². The van der Waals surface area contributed by atoms with E-state index < -0.39 is 0 Å². The van der Waals surface area contributed by atoms with Crippen LogP contribution >= 0.6 is 0 Å². The van der Waals surface area contributed by atoms with Crippen molar-refractivity contribution >= 4 is 87.5 Å². The van der Waals surface area contributed by atoms with E-state index in [1.165, 1.54) is 0 Å². The van der Waals surface area contributed by atoms with Crippen molar-refractivity contribution in [2.24, 2.45) is 0 Å². The van der Waals surface area contributed by atoms with Crippen molar-refractivity contribution in [3.8, 4) is 34.6 Å². The lowest BCUT2D eigenvalue weighted by molar-refractivity contribution is 0.668. The molecule has 0 unspecified atom stereocenters. The van der Waals surface area contributed by atoms with Gasteiger partial charge in [-0.05, 0) is 96.1 Å². The molecule has 8 aromatic carbocycles. The van der Waals surface area contributed by atoms with Crippen molar-refractivity contribution in [2.45, 2.75) is 0 Å². The van der Waals surface area contributed by atoms with Gasteiger partial charge in [-0.2, -0.15) is 10.5 Å². The van der Waals surface area contributed by atoms with Crippen molar-refractivity contribution in [3.63, 3.8) is 0 Å². The van der Waals surface area contributed by atoms with Crippen LogP contribution in [0.5, 0.6) is 0 Å². The molecule has 0 aliphatic carbocycles. The van der Waals surface area contributed by atoms with Gasteiger partial charge in [-0.25, -0.2) is 0 Å². The van der Waals surface area contributed by atoms with E-state index >= 15 is 0 Å². The summed E-state index contributed by atoms with van der Waals surface area (Å²) in [6.45, 7) is 0. The molecule has 4 heterocycles. The number of fused-ring (bicyclic) bond motifs is 12. The van der Waals surface area contributed by atoms with Gasteiger partial charge in [-0.3, -0.25) is 0 Å². The summed E-state index contributed by atoms with van der Waals surface area (Å²) in [6, 6.07) is 58.5. The third kappa shape index (κ3) is 4.13. The van der Waals surface area contributed by atoms with Gasteiger partial charge >= 0.3 is 0 Å². The van der Waals surface area contributed by atoms with E-state index in [-0.39, 0.29) is 0 Å². The number of rotatable bonds is 3. The summed E-state index contributed by atoms with van der Waals surface area (Å²) in [5, 5.41) is 28.6. The predicted molar refractivity (Wildman–Crippen MR) is 225 cm³/mol. The summed E-state index contributed by atoms with van der Waals surface area (Å²) in [7, 11) is 0. The number of hydrogen-bond acceptors (Lipinski definition) is 4. The number of para-hydroxylation sites is 4. The van der Waals surface area contributed by atoms with Crippen LogP contribution in [0.2, 0.25) is 0 Å². The highest BCUT2D eigenvalue weighted by Gasteiger charge is 2.19. The number of furan rings is 2. The SMILES string of the molecule is N#Cc1cccc2c3ccccc3n(-c3ccc4oc5ccc(-c6ccc7oc8ccc(-n9c%10ccccc%10c%10cccc(C#N)c%109)cc8c7c6)cc5c4c3)c12. The van der Waals surface area contributed by atoms with E-state index in [0.717, 1.165) is 110 Å². The number of hydrogen-bond donors (Lipinski definition) is 0. The second-order valence-electron chi connectivity index (χ2n) is 14.3. The Morgan fingerprint density at radius 2 is 0.750 bits per heavy atom. The monoisotopic (exact) mass is 714 g/mol. The van der Waals surface area contributed by atoms with Crippen LogP contribution in [-0.4, -0.2) is 9.13 Å². The molecule has 0 atom stereocenters. The fraction of sp³-hybridized carbons (Fsp3) is 0. The zero-order valence-electron chi connectivity index (χ0n) is 29.6. The molecule has 0 N–H and O–H groups in total. The fourth-order valence-electron chi connectivity index (χ4n) is 8.92. The van der Waals surface area contributed by atoms with Crippen LogP contribution < -0.4 is 0 Å². The van der Waals surface area contributed by atoms with Gasteiger partial charge in [0.2, 0.25) is 0 Å². The van der Waals surface area contributed by atoms with E-state index in [9.17, 15) is 10.5 Å². The van der Waals surface area contributed by atoms with Crippen LogP contribution in [0.1, 0.15) is 11.1 Å². The molecule has 0 spiro atoms. The Balaban J connectivity index is 1.02. The molecule has 0 saturated carbocycles. The first-order valence-electron chi connectivity index (χ1n) is 18.5. The zero-order valence-corrected chi connectivity index (χ0v) is 29.6. The lowest BCUT2D eigenvalue weighted by atomic mass is 10.0. The van der Waals surface area contributed by atoms with Gasteiger partial charge in [-0.1, -0.05) is 72.8 Å². The van der Waals surface area contributed by atoms with Crippen molar-refractivity contribution in [3.05, 3.63) is 169 Å². The molecule has 6 nitrogen and oxygen atoms in total. The maximum absolute atomic E-state index is 10.1. The van der Waals surface area contributed by atoms with E-state index in [2.05, 4.69) is 106 Å². The minimum absolute atomic E-state index is 0.634. The molecule has 0 amide bonds. The largest absolute Gasteiger partial charge is 0.456 e. The first-order chi connectivity index (χ1) is 27.7. The summed E-state index contributed by atoms with van der Waals surface area (Å²) in [4.78, 5) is 0. The van der Waals surface area contributed by atoms with Crippen LogP contribution in [0.3, 0.4) is 0 Å². The Morgan fingerprint density at radius 3 is 1.20 bits per heavy atom. The first-order valence-corrected chi connectivity index (χ1v) is 18.5. The lowest BCUT2D eigenvalue weighted by Gasteiger charge is -2.09. The highest BCUT2D eigenvalue weighted by molar-refractivity contribution is 6.14. The molecule has 0 saturated heterocycles. The van der Waals surface area contributed by atoms with Crippen molar-refractivity contribution in [1.29, 1.82) is 10.5 Å². The van der Waals surface area contributed by atoms with E-state index in [1.54, 1.807) is 0 Å². The molecule has 12 rings (SSSR count). The standard InChI is InChI=1S/C50H26N4O2/c51-27-31-7-5-11-37-35-9-1-3-13-43(35)53(49(31)37)33-17-21-47-41(25-33)39-23-29(15-19-45(39)55-47)30-16-20-46-40(24-30)42-26-34(18-22-48(42)56-46)54-44-14-4-2-10-36(44)38-12-6-8-32(28-52)50(38)54/h1-26H. The summed E-state index contributed by atoms with van der Waals surface area (Å²) in [5.74, 6) is 0. The zero-order chi connectivity index (χ0) is 37.1. The molecule has 0 radical (unpaired) electrons. The minimum atomic E-state index is 0.634. The molecule has 56 heavy (non-hydrogen) atoms. The van der Waals surface area contributed by atoms with Crippen molar-refractivity contribution in [1.82, 2.24) is 9.13 Å². The normalized spacial score (nSPS) is 11.9. The van der Waals surface area contributed by atoms with Crippen LogP contribution in [-0.2, 0) is 0 Å². The fourth-order valence-corrected chi connectivity index (χ4v) is 8.92. The van der Waals surface area contributed by atoms with Gasteiger partial charge in [0.15, 0.2) is 0 Å². The Morgan fingerprint density at radius 1 is 0.357 bits per heavy atom. The number of nitriles is 2. The van der Waals surface area contributed by atoms with Gasteiger partial charge in [0.05, 0.1) is 33.2 Å².